The van der Waals surface area contributed by atoms with Gasteiger partial charge in [-0.25, -0.2) is 4.39 Å². The third-order valence-corrected chi connectivity index (χ3v) is 10.1. The first-order valence-corrected chi connectivity index (χ1v) is 11.9. The van der Waals surface area contributed by atoms with E-state index in [9.17, 15) is 4.39 Å². The number of nitrogens with zero attached hydrogens (tertiary/aromatic N) is 1. The van der Waals surface area contributed by atoms with Crippen molar-refractivity contribution >= 4 is 8.32 Å². The van der Waals surface area contributed by atoms with E-state index in [0.717, 1.165) is 31.6 Å². The van der Waals surface area contributed by atoms with Gasteiger partial charge in [0, 0.05) is 25.7 Å². The summed E-state index contributed by atoms with van der Waals surface area (Å²) in [6.45, 7) is 14.4. The summed E-state index contributed by atoms with van der Waals surface area (Å²) >= 11 is 0. The molecule has 1 aliphatic rings. The molecule has 1 saturated heterocycles. The maximum atomic E-state index is 13.5. The minimum absolute atomic E-state index is 0.146. The van der Waals surface area contributed by atoms with E-state index >= 15 is 0 Å². The summed E-state index contributed by atoms with van der Waals surface area (Å²) in [4.78, 5) is 2.43. The first-order valence-electron chi connectivity index (χ1n) is 8.95. The first-order chi connectivity index (χ1) is 11.1. The lowest BCUT2D eigenvalue weighted by Crippen LogP contribution is -2.44. The van der Waals surface area contributed by atoms with Gasteiger partial charge in [0.15, 0.2) is 8.32 Å². The van der Waals surface area contributed by atoms with Crippen molar-refractivity contribution in [2.24, 2.45) is 0 Å². The lowest BCUT2D eigenvalue weighted by molar-refractivity contribution is 0.177. The number of hydrogen-bond donors (Lipinski definition) is 1. The normalized spacial score (nSPS) is 21.2. The molecule has 1 aliphatic heterocycles. The van der Waals surface area contributed by atoms with Gasteiger partial charge in [-0.2, -0.15) is 0 Å². The number of likely N-dealkylation sites (tertiary alicyclic amines) is 1. The Kier molecular flexibility index (Phi) is 6.23. The molecule has 5 heteroatoms. The fraction of sp³-hybridized carbons (Fsp3) is 0.684. The molecule has 24 heavy (non-hydrogen) atoms. The summed E-state index contributed by atoms with van der Waals surface area (Å²) in [6, 6.07) is 7.04. The van der Waals surface area contributed by atoms with Crippen LogP contribution in [-0.2, 0) is 4.43 Å². The molecule has 0 amide bonds. The molecule has 1 unspecified atom stereocenters. The van der Waals surface area contributed by atoms with Gasteiger partial charge in [-0.15, -0.1) is 0 Å². The van der Waals surface area contributed by atoms with Crippen molar-refractivity contribution in [1.82, 2.24) is 10.2 Å². The number of likely N-dealkylation sites (N-methyl/N-ethyl adjacent to an activating group) is 1. The smallest absolute Gasteiger partial charge is 0.192 e. The average molecular weight is 353 g/mol. The van der Waals surface area contributed by atoms with Crippen LogP contribution in [0.15, 0.2) is 24.3 Å². The highest BCUT2D eigenvalue weighted by Gasteiger charge is 2.40. The van der Waals surface area contributed by atoms with Gasteiger partial charge in [0.05, 0.1) is 6.10 Å². The number of benzene rings is 1. The molecule has 0 aliphatic carbocycles. The molecule has 1 fully saturated rings. The third kappa shape index (κ3) is 4.88. The molecule has 1 aromatic carbocycles. The van der Waals surface area contributed by atoms with Crippen LogP contribution in [0.4, 0.5) is 4.39 Å². The van der Waals surface area contributed by atoms with Gasteiger partial charge in [0.1, 0.15) is 5.82 Å². The zero-order valence-corrected chi connectivity index (χ0v) is 17.0. The molecule has 2 atom stereocenters. The predicted molar refractivity (Wildman–Crippen MR) is 101 cm³/mol. The maximum absolute atomic E-state index is 13.5. The Balaban J connectivity index is 1.93. The van der Waals surface area contributed by atoms with Crippen LogP contribution < -0.4 is 5.32 Å². The van der Waals surface area contributed by atoms with Crippen molar-refractivity contribution in [2.75, 3.05) is 26.7 Å². The van der Waals surface area contributed by atoms with Crippen molar-refractivity contribution in [2.45, 2.75) is 57.5 Å². The van der Waals surface area contributed by atoms with Crippen LogP contribution in [-0.4, -0.2) is 46.0 Å². The van der Waals surface area contributed by atoms with Gasteiger partial charge in [-0.05, 0) is 49.3 Å². The average Bonchev–Trinajstić information content (AvgIpc) is 2.90. The Morgan fingerprint density at radius 2 is 2.08 bits per heavy atom. The minimum atomic E-state index is -1.71. The molecule has 1 N–H and O–H groups in total. The Morgan fingerprint density at radius 3 is 2.67 bits per heavy atom. The van der Waals surface area contributed by atoms with Crippen molar-refractivity contribution < 1.29 is 8.82 Å². The second kappa shape index (κ2) is 7.64. The zero-order valence-electron chi connectivity index (χ0n) is 16.0. The summed E-state index contributed by atoms with van der Waals surface area (Å²) in [5.41, 5.74) is 1.01. The zero-order chi connectivity index (χ0) is 18.0. The van der Waals surface area contributed by atoms with Gasteiger partial charge < -0.3 is 9.74 Å². The van der Waals surface area contributed by atoms with E-state index in [4.69, 9.17) is 4.43 Å². The minimum Gasteiger partial charge on any atom is -0.413 e. The Labute approximate surface area is 147 Å². The van der Waals surface area contributed by atoms with E-state index in [1.165, 1.54) is 6.07 Å². The quantitative estimate of drug-likeness (QED) is 0.777. The highest BCUT2D eigenvalue weighted by molar-refractivity contribution is 6.74. The Morgan fingerprint density at radius 1 is 1.38 bits per heavy atom. The van der Waals surface area contributed by atoms with Crippen molar-refractivity contribution in [3.05, 3.63) is 35.6 Å². The molecule has 136 valence electrons. The van der Waals surface area contributed by atoms with Crippen molar-refractivity contribution in [3.63, 3.8) is 0 Å². The topological polar surface area (TPSA) is 24.5 Å². The van der Waals surface area contributed by atoms with E-state index in [1.54, 1.807) is 12.1 Å². The van der Waals surface area contributed by atoms with Gasteiger partial charge in [0.25, 0.3) is 0 Å². The van der Waals surface area contributed by atoms with E-state index in [-0.39, 0.29) is 16.9 Å². The molecular weight excluding hydrogens is 319 g/mol. The summed E-state index contributed by atoms with van der Waals surface area (Å²) in [7, 11) is 0.229. The van der Waals surface area contributed by atoms with Crippen LogP contribution in [0.1, 0.15) is 38.8 Å². The third-order valence-electron chi connectivity index (χ3n) is 5.54. The molecule has 1 aromatic rings. The van der Waals surface area contributed by atoms with Crippen LogP contribution in [0.2, 0.25) is 18.1 Å². The highest BCUT2D eigenvalue weighted by Crippen LogP contribution is 2.38. The van der Waals surface area contributed by atoms with Crippen LogP contribution in [0.3, 0.4) is 0 Å². The van der Waals surface area contributed by atoms with Crippen LogP contribution in [0.25, 0.3) is 0 Å². The van der Waals surface area contributed by atoms with Crippen LogP contribution >= 0.6 is 0 Å². The van der Waals surface area contributed by atoms with Gasteiger partial charge in [-0.3, -0.25) is 4.90 Å². The lowest BCUT2D eigenvalue weighted by Gasteiger charge is -2.38. The maximum Gasteiger partial charge on any atom is 0.192 e. The number of rotatable bonds is 6. The Bertz CT molecular complexity index is 544. The summed E-state index contributed by atoms with van der Waals surface area (Å²) in [5, 5.41) is 3.56. The number of hydrogen-bond acceptors (Lipinski definition) is 3. The lowest BCUT2D eigenvalue weighted by atomic mass is 10.1. The molecule has 3 nitrogen and oxygen atoms in total. The fourth-order valence-corrected chi connectivity index (χ4v) is 4.38. The fourth-order valence-electron chi connectivity index (χ4n) is 3.00. The summed E-state index contributed by atoms with van der Waals surface area (Å²) < 4.78 is 20.0. The summed E-state index contributed by atoms with van der Waals surface area (Å²) in [6.07, 6.45) is 1.42. The molecule has 0 aromatic heterocycles. The SMILES string of the molecule is CNC(CN1CC[C@H](O[Si](C)(C)C(C)(C)C)C1)c1cccc(F)c1. The summed E-state index contributed by atoms with van der Waals surface area (Å²) in [5.74, 6) is -0.173. The van der Waals surface area contributed by atoms with Crippen LogP contribution in [0, 0.1) is 5.82 Å². The van der Waals surface area contributed by atoms with Crippen molar-refractivity contribution in [3.8, 4) is 0 Å². The standard InChI is InChI=1S/C19H33FN2OSi/c1-19(2,3)24(5,6)23-17-10-11-22(13-17)14-18(21-4)15-8-7-9-16(20)12-15/h7-9,12,17-18,21H,10-11,13-14H2,1-6H3/t17-,18?/m0/s1. The molecule has 0 radical (unpaired) electrons. The van der Waals surface area contributed by atoms with Crippen molar-refractivity contribution in [1.29, 1.82) is 0 Å². The second-order valence-electron chi connectivity index (χ2n) is 8.44. The first kappa shape index (κ1) is 19.6. The van der Waals surface area contributed by atoms with Gasteiger partial charge in [-0.1, -0.05) is 32.9 Å². The molecule has 2 rings (SSSR count). The van der Waals surface area contributed by atoms with E-state index < -0.39 is 8.32 Å². The van der Waals surface area contributed by atoms with E-state index in [0.29, 0.717) is 6.10 Å². The van der Waals surface area contributed by atoms with Gasteiger partial charge in [0.2, 0.25) is 0 Å². The number of nitrogens with one attached hydrogen (secondary N) is 1. The highest BCUT2D eigenvalue weighted by atomic mass is 28.4. The Hall–Kier alpha value is -0.753. The second-order valence-corrected chi connectivity index (χ2v) is 13.2. The molecule has 0 bridgehead atoms. The molecule has 0 spiro atoms. The predicted octanol–water partition coefficient (Wildman–Crippen LogP) is 4.18. The molecular formula is C19H33FN2OSi. The molecule has 0 saturated carbocycles. The number of halogens is 1. The van der Waals surface area contributed by atoms with Gasteiger partial charge >= 0.3 is 0 Å². The van der Waals surface area contributed by atoms with Crippen LogP contribution in [0.5, 0.6) is 0 Å². The van der Waals surface area contributed by atoms with E-state index in [2.05, 4.69) is 44.1 Å². The largest absolute Gasteiger partial charge is 0.413 e. The molecule has 1 heterocycles. The van der Waals surface area contributed by atoms with E-state index in [1.807, 2.05) is 13.1 Å². The monoisotopic (exact) mass is 352 g/mol.